The second-order valence-corrected chi connectivity index (χ2v) is 8.66. The number of ketones is 1. The molecule has 3 aromatic carbocycles. The zero-order valence-electron chi connectivity index (χ0n) is 19.6. The van der Waals surface area contributed by atoms with Crippen molar-refractivity contribution in [2.24, 2.45) is 0 Å². The number of hydrogen-bond acceptors (Lipinski definition) is 4. The van der Waals surface area contributed by atoms with Gasteiger partial charge in [0.05, 0.1) is 11.1 Å². The number of rotatable bonds is 4. The molecule has 1 fully saturated rings. The predicted octanol–water partition coefficient (Wildman–Crippen LogP) is 3.78. The lowest BCUT2D eigenvalue weighted by Crippen LogP contribution is -2.52. The monoisotopic (exact) mass is 501 g/mol. The molecule has 5 rings (SSSR count). The standard InChI is InChI=1S/C28H21F2N3O4/c29-20-9-5-18(6-10-20)26(35)31-13-15-32(16-14-31)28(37)25(34)23-17-33(24-4-2-1-3-22(23)24)27(36)19-7-11-21(30)12-8-19/h1-12,17H,13-16H2. The van der Waals surface area contributed by atoms with E-state index >= 15 is 0 Å². The molecule has 1 aliphatic heterocycles. The molecule has 0 spiro atoms. The summed E-state index contributed by atoms with van der Waals surface area (Å²) in [5.41, 5.74) is 1.11. The fourth-order valence-electron chi connectivity index (χ4n) is 4.41. The lowest BCUT2D eigenvalue weighted by molar-refractivity contribution is -0.127. The first-order valence-corrected chi connectivity index (χ1v) is 11.6. The van der Waals surface area contributed by atoms with Crippen LogP contribution in [0.3, 0.4) is 0 Å². The average molecular weight is 501 g/mol. The maximum absolute atomic E-state index is 13.3. The quantitative estimate of drug-likeness (QED) is 0.315. The van der Waals surface area contributed by atoms with Crippen molar-refractivity contribution >= 4 is 34.4 Å². The van der Waals surface area contributed by atoms with Crippen LogP contribution in [0, 0.1) is 11.6 Å². The molecule has 4 aromatic rings. The van der Waals surface area contributed by atoms with Gasteiger partial charge in [-0.3, -0.25) is 23.7 Å². The van der Waals surface area contributed by atoms with E-state index in [1.165, 1.54) is 64.2 Å². The molecule has 1 aliphatic rings. The highest BCUT2D eigenvalue weighted by molar-refractivity contribution is 6.45. The van der Waals surface area contributed by atoms with E-state index in [1.54, 1.807) is 29.2 Å². The third-order valence-electron chi connectivity index (χ3n) is 6.41. The Morgan fingerprint density at radius 2 is 1.14 bits per heavy atom. The molecular weight excluding hydrogens is 480 g/mol. The molecule has 0 unspecified atom stereocenters. The molecule has 1 saturated heterocycles. The minimum absolute atomic E-state index is 0.0841. The van der Waals surface area contributed by atoms with Crippen molar-refractivity contribution in [1.82, 2.24) is 14.4 Å². The number of benzene rings is 3. The molecule has 0 N–H and O–H groups in total. The molecule has 0 aliphatic carbocycles. The highest BCUT2D eigenvalue weighted by atomic mass is 19.1. The molecule has 0 bridgehead atoms. The van der Waals surface area contributed by atoms with Gasteiger partial charge in [0.15, 0.2) is 0 Å². The number of halogens is 2. The SMILES string of the molecule is O=C(C(=O)N1CCN(C(=O)c2ccc(F)cc2)CC1)c1cn(C(=O)c2ccc(F)cc2)c2ccccc12. The summed E-state index contributed by atoms with van der Waals surface area (Å²) in [4.78, 5) is 55.1. The first-order valence-electron chi connectivity index (χ1n) is 11.6. The summed E-state index contributed by atoms with van der Waals surface area (Å²) in [7, 11) is 0. The Morgan fingerprint density at radius 3 is 1.73 bits per heavy atom. The van der Waals surface area contributed by atoms with E-state index in [2.05, 4.69) is 0 Å². The van der Waals surface area contributed by atoms with Gasteiger partial charge in [0, 0.05) is 48.9 Å². The van der Waals surface area contributed by atoms with Crippen LogP contribution in [0.1, 0.15) is 31.1 Å². The van der Waals surface area contributed by atoms with Crippen molar-refractivity contribution in [3.63, 3.8) is 0 Å². The summed E-state index contributed by atoms with van der Waals surface area (Å²) in [5.74, 6) is -3.15. The maximum atomic E-state index is 13.3. The van der Waals surface area contributed by atoms with Crippen LogP contribution in [0.4, 0.5) is 8.78 Å². The lowest BCUT2D eigenvalue weighted by atomic mass is 10.1. The summed E-state index contributed by atoms with van der Waals surface area (Å²) in [6.45, 7) is 0.759. The number of para-hydroxylation sites is 1. The molecule has 1 aromatic heterocycles. The number of amides is 2. The summed E-state index contributed by atoms with van der Waals surface area (Å²) in [6, 6.07) is 17.0. The van der Waals surface area contributed by atoms with Crippen molar-refractivity contribution in [3.8, 4) is 0 Å². The highest BCUT2D eigenvalue weighted by Gasteiger charge is 2.31. The van der Waals surface area contributed by atoms with E-state index < -0.39 is 29.2 Å². The first-order chi connectivity index (χ1) is 17.8. The molecule has 7 nitrogen and oxygen atoms in total. The number of carbonyl (C=O) groups excluding carboxylic acids is 4. The number of nitrogens with zero attached hydrogens (tertiary/aromatic N) is 3. The second kappa shape index (κ2) is 9.77. The molecule has 2 amide bonds. The third kappa shape index (κ3) is 4.63. The van der Waals surface area contributed by atoms with E-state index in [1.807, 2.05) is 0 Å². The number of carbonyl (C=O) groups is 4. The number of Topliss-reactive ketones (excluding diaryl/α,β-unsaturated/α-hetero) is 1. The Hall–Kier alpha value is -4.66. The van der Waals surface area contributed by atoms with Gasteiger partial charge in [0.25, 0.3) is 23.5 Å². The average Bonchev–Trinajstić information content (AvgIpc) is 3.32. The Bertz CT molecular complexity index is 1520. The van der Waals surface area contributed by atoms with Crippen LogP contribution in [-0.4, -0.2) is 64.1 Å². The number of hydrogen-bond donors (Lipinski definition) is 0. The van der Waals surface area contributed by atoms with Crippen molar-refractivity contribution in [2.45, 2.75) is 0 Å². The molecule has 37 heavy (non-hydrogen) atoms. The smallest absolute Gasteiger partial charge is 0.295 e. The first kappa shape index (κ1) is 24.1. The second-order valence-electron chi connectivity index (χ2n) is 8.66. The third-order valence-corrected chi connectivity index (χ3v) is 6.41. The normalized spacial score (nSPS) is 13.6. The van der Waals surface area contributed by atoms with Gasteiger partial charge in [-0.25, -0.2) is 8.78 Å². The lowest BCUT2D eigenvalue weighted by Gasteiger charge is -2.34. The van der Waals surface area contributed by atoms with Crippen molar-refractivity contribution < 1.29 is 28.0 Å². The summed E-state index contributed by atoms with van der Waals surface area (Å²) >= 11 is 0. The van der Waals surface area contributed by atoms with Crippen molar-refractivity contribution in [2.75, 3.05) is 26.2 Å². The molecule has 0 radical (unpaired) electrons. The van der Waals surface area contributed by atoms with Crippen LogP contribution < -0.4 is 0 Å². The maximum Gasteiger partial charge on any atom is 0.295 e. The van der Waals surface area contributed by atoms with Crippen LogP contribution in [0.2, 0.25) is 0 Å². The van der Waals surface area contributed by atoms with Crippen LogP contribution in [0.25, 0.3) is 10.9 Å². The Balaban J connectivity index is 1.34. The Morgan fingerprint density at radius 1 is 0.622 bits per heavy atom. The van der Waals surface area contributed by atoms with Gasteiger partial charge in [-0.15, -0.1) is 0 Å². The summed E-state index contributed by atoms with van der Waals surface area (Å²) in [5, 5.41) is 0.446. The van der Waals surface area contributed by atoms with Gasteiger partial charge in [-0.2, -0.15) is 0 Å². The van der Waals surface area contributed by atoms with Gasteiger partial charge in [-0.1, -0.05) is 18.2 Å². The van der Waals surface area contributed by atoms with E-state index in [-0.39, 0.29) is 43.2 Å². The molecule has 9 heteroatoms. The fraction of sp³-hybridized carbons (Fsp3) is 0.143. The van der Waals surface area contributed by atoms with E-state index in [4.69, 9.17) is 0 Å². The molecule has 0 saturated carbocycles. The van der Waals surface area contributed by atoms with Gasteiger partial charge in [0.1, 0.15) is 11.6 Å². The van der Waals surface area contributed by atoms with Crippen LogP contribution in [0.5, 0.6) is 0 Å². The number of piperazine rings is 1. The molecule has 186 valence electrons. The molecule has 2 heterocycles. The van der Waals surface area contributed by atoms with E-state index in [9.17, 15) is 28.0 Å². The fourth-order valence-corrected chi connectivity index (χ4v) is 4.41. The van der Waals surface area contributed by atoms with Crippen LogP contribution in [-0.2, 0) is 4.79 Å². The van der Waals surface area contributed by atoms with Gasteiger partial charge in [0.2, 0.25) is 0 Å². The Kier molecular flexibility index (Phi) is 6.35. The van der Waals surface area contributed by atoms with E-state index in [0.29, 0.717) is 16.5 Å². The molecule has 0 atom stereocenters. The van der Waals surface area contributed by atoms with Gasteiger partial charge < -0.3 is 9.80 Å². The van der Waals surface area contributed by atoms with Crippen LogP contribution in [0.15, 0.2) is 79.0 Å². The van der Waals surface area contributed by atoms with Crippen molar-refractivity contribution in [1.29, 1.82) is 0 Å². The highest BCUT2D eigenvalue weighted by Crippen LogP contribution is 2.24. The van der Waals surface area contributed by atoms with Gasteiger partial charge >= 0.3 is 0 Å². The Labute approximate surface area is 210 Å². The largest absolute Gasteiger partial charge is 0.335 e. The minimum Gasteiger partial charge on any atom is -0.335 e. The topological polar surface area (TPSA) is 79.7 Å². The van der Waals surface area contributed by atoms with Crippen molar-refractivity contribution in [3.05, 3.63) is 107 Å². The summed E-state index contributed by atoms with van der Waals surface area (Å²) < 4.78 is 27.7. The number of fused-ring (bicyclic) bond motifs is 1. The van der Waals surface area contributed by atoms with E-state index in [0.717, 1.165) is 0 Å². The zero-order valence-corrected chi connectivity index (χ0v) is 19.6. The minimum atomic E-state index is -0.764. The molecular formula is C28H21F2N3O4. The summed E-state index contributed by atoms with van der Waals surface area (Å²) in [6.07, 6.45) is 1.34. The zero-order chi connectivity index (χ0) is 26.1. The number of aromatic nitrogens is 1. The van der Waals surface area contributed by atoms with Crippen LogP contribution >= 0.6 is 0 Å². The van der Waals surface area contributed by atoms with Gasteiger partial charge in [-0.05, 0) is 54.6 Å². The predicted molar refractivity (Wildman–Crippen MR) is 131 cm³/mol.